The fourth-order valence-corrected chi connectivity index (χ4v) is 3.88. The summed E-state index contributed by atoms with van der Waals surface area (Å²) in [6.45, 7) is 5.12. The first kappa shape index (κ1) is 12.8. The SMILES string of the molecule is CC1C2CNCC2CN1C(=O)c1cccc2ncccc12. The molecule has 2 aliphatic rings. The van der Waals surface area contributed by atoms with Crippen molar-refractivity contribution in [3.05, 3.63) is 42.1 Å². The van der Waals surface area contributed by atoms with Gasteiger partial charge in [-0.3, -0.25) is 9.78 Å². The fraction of sp³-hybridized carbons (Fsp3) is 0.412. The monoisotopic (exact) mass is 281 g/mol. The molecule has 0 radical (unpaired) electrons. The molecule has 1 aromatic heterocycles. The molecular formula is C17H19N3O. The van der Waals surface area contributed by atoms with Gasteiger partial charge in [0, 0.05) is 42.8 Å². The number of nitrogens with one attached hydrogen (secondary N) is 1. The topological polar surface area (TPSA) is 45.2 Å². The smallest absolute Gasteiger partial charge is 0.254 e. The molecule has 3 unspecified atom stereocenters. The molecule has 0 aliphatic carbocycles. The van der Waals surface area contributed by atoms with Crippen molar-refractivity contribution in [3.63, 3.8) is 0 Å². The highest BCUT2D eigenvalue weighted by molar-refractivity contribution is 6.06. The number of rotatable bonds is 1. The number of nitrogens with zero attached hydrogens (tertiary/aromatic N) is 2. The Morgan fingerprint density at radius 3 is 3.05 bits per heavy atom. The zero-order chi connectivity index (χ0) is 14.4. The molecule has 1 aromatic carbocycles. The van der Waals surface area contributed by atoms with E-state index < -0.39 is 0 Å². The molecule has 4 rings (SSSR count). The molecule has 2 saturated heterocycles. The first-order valence-electron chi connectivity index (χ1n) is 7.61. The van der Waals surface area contributed by atoms with E-state index in [9.17, 15) is 4.79 Å². The van der Waals surface area contributed by atoms with Crippen LogP contribution in [0.2, 0.25) is 0 Å². The predicted octanol–water partition coefficient (Wildman–Crippen LogP) is 1.91. The Morgan fingerprint density at radius 2 is 2.19 bits per heavy atom. The van der Waals surface area contributed by atoms with Gasteiger partial charge in [-0.05, 0) is 37.0 Å². The molecule has 0 bridgehead atoms. The van der Waals surface area contributed by atoms with Gasteiger partial charge in [-0.15, -0.1) is 0 Å². The van der Waals surface area contributed by atoms with E-state index in [1.54, 1.807) is 6.20 Å². The Kier molecular flexibility index (Phi) is 2.93. The highest BCUT2D eigenvalue weighted by Gasteiger charge is 2.43. The van der Waals surface area contributed by atoms with Gasteiger partial charge in [0.2, 0.25) is 0 Å². The maximum Gasteiger partial charge on any atom is 0.254 e. The van der Waals surface area contributed by atoms with E-state index in [2.05, 4.69) is 22.1 Å². The van der Waals surface area contributed by atoms with E-state index in [1.165, 1.54) is 0 Å². The molecule has 0 spiro atoms. The van der Waals surface area contributed by atoms with E-state index in [1.807, 2.05) is 30.3 Å². The van der Waals surface area contributed by atoms with E-state index in [0.717, 1.165) is 36.1 Å². The minimum Gasteiger partial charge on any atom is -0.335 e. The van der Waals surface area contributed by atoms with Crippen molar-refractivity contribution in [2.45, 2.75) is 13.0 Å². The Balaban J connectivity index is 1.71. The van der Waals surface area contributed by atoms with Gasteiger partial charge in [0.25, 0.3) is 5.91 Å². The number of likely N-dealkylation sites (tertiary alicyclic amines) is 1. The normalized spacial score (nSPS) is 28.0. The van der Waals surface area contributed by atoms with Gasteiger partial charge in [0.05, 0.1) is 5.52 Å². The van der Waals surface area contributed by atoms with Crippen molar-refractivity contribution < 1.29 is 4.79 Å². The lowest BCUT2D eigenvalue weighted by molar-refractivity contribution is 0.0730. The van der Waals surface area contributed by atoms with Gasteiger partial charge >= 0.3 is 0 Å². The van der Waals surface area contributed by atoms with Crippen LogP contribution in [0, 0.1) is 11.8 Å². The van der Waals surface area contributed by atoms with Crippen molar-refractivity contribution >= 4 is 16.8 Å². The van der Waals surface area contributed by atoms with Crippen LogP contribution in [0.5, 0.6) is 0 Å². The van der Waals surface area contributed by atoms with E-state index in [0.29, 0.717) is 17.9 Å². The zero-order valence-electron chi connectivity index (χ0n) is 12.1. The molecule has 1 amide bonds. The molecule has 1 N–H and O–H groups in total. The Hall–Kier alpha value is -1.94. The largest absolute Gasteiger partial charge is 0.335 e. The van der Waals surface area contributed by atoms with Crippen molar-refractivity contribution in [1.29, 1.82) is 0 Å². The maximum absolute atomic E-state index is 13.0. The van der Waals surface area contributed by atoms with Crippen LogP contribution in [0.1, 0.15) is 17.3 Å². The fourth-order valence-electron chi connectivity index (χ4n) is 3.88. The summed E-state index contributed by atoms with van der Waals surface area (Å²) in [5, 5.41) is 4.39. The summed E-state index contributed by atoms with van der Waals surface area (Å²) in [6.07, 6.45) is 1.77. The Labute approximate surface area is 124 Å². The summed E-state index contributed by atoms with van der Waals surface area (Å²) in [6, 6.07) is 9.99. The van der Waals surface area contributed by atoms with Crippen molar-refractivity contribution in [1.82, 2.24) is 15.2 Å². The lowest BCUT2D eigenvalue weighted by atomic mass is 9.95. The summed E-state index contributed by atoms with van der Waals surface area (Å²) in [5.74, 6) is 1.36. The second-order valence-corrected chi connectivity index (χ2v) is 6.16. The molecular weight excluding hydrogens is 262 g/mol. The number of fused-ring (bicyclic) bond motifs is 2. The van der Waals surface area contributed by atoms with E-state index in [-0.39, 0.29) is 5.91 Å². The molecule has 108 valence electrons. The zero-order valence-corrected chi connectivity index (χ0v) is 12.1. The molecule has 21 heavy (non-hydrogen) atoms. The lowest BCUT2D eigenvalue weighted by Crippen LogP contribution is -2.38. The second-order valence-electron chi connectivity index (χ2n) is 6.16. The Bertz CT molecular complexity index is 694. The van der Waals surface area contributed by atoms with Gasteiger partial charge in [0.1, 0.15) is 0 Å². The summed E-state index contributed by atoms with van der Waals surface area (Å²) in [5.41, 5.74) is 1.66. The number of aromatic nitrogens is 1. The third-order valence-corrected chi connectivity index (χ3v) is 5.07. The summed E-state index contributed by atoms with van der Waals surface area (Å²) in [7, 11) is 0. The molecule has 4 nitrogen and oxygen atoms in total. The number of benzene rings is 1. The van der Waals surface area contributed by atoms with Gasteiger partial charge in [-0.25, -0.2) is 0 Å². The minimum atomic E-state index is 0.149. The highest BCUT2D eigenvalue weighted by atomic mass is 16.2. The average Bonchev–Trinajstić information content (AvgIpc) is 3.09. The minimum absolute atomic E-state index is 0.149. The third-order valence-electron chi connectivity index (χ3n) is 5.07. The first-order valence-corrected chi connectivity index (χ1v) is 7.61. The van der Waals surface area contributed by atoms with Crippen molar-refractivity contribution in [2.24, 2.45) is 11.8 Å². The van der Waals surface area contributed by atoms with Crippen molar-refractivity contribution in [2.75, 3.05) is 19.6 Å². The van der Waals surface area contributed by atoms with Crippen LogP contribution in [-0.4, -0.2) is 41.5 Å². The average molecular weight is 281 g/mol. The number of hydrogen-bond donors (Lipinski definition) is 1. The van der Waals surface area contributed by atoms with Gasteiger partial charge < -0.3 is 10.2 Å². The highest BCUT2D eigenvalue weighted by Crippen LogP contribution is 2.34. The number of amides is 1. The standard InChI is InChI=1S/C17H19N3O/c1-11-15-9-18-8-12(15)10-20(11)17(21)14-4-2-6-16-13(14)5-3-7-19-16/h2-7,11-12,15,18H,8-10H2,1H3. The molecule has 3 heterocycles. The number of pyridine rings is 1. The summed E-state index contributed by atoms with van der Waals surface area (Å²) < 4.78 is 0. The first-order chi connectivity index (χ1) is 10.3. The number of carbonyl (C=O) groups is 1. The van der Waals surface area contributed by atoms with Crippen LogP contribution >= 0.6 is 0 Å². The molecule has 2 aromatic rings. The van der Waals surface area contributed by atoms with Crippen LogP contribution in [0.3, 0.4) is 0 Å². The lowest BCUT2D eigenvalue weighted by Gasteiger charge is -2.25. The van der Waals surface area contributed by atoms with Crippen LogP contribution in [0.25, 0.3) is 10.9 Å². The van der Waals surface area contributed by atoms with E-state index >= 15 is 0 Å². The molecule has 2 aliphatic heterocycles. The van der Waals surface area contributed by atoms with Crippen molar-refractivity contribution in [3.8, 4) is 0 Å². The van der Waals surface area contributed by atoms with Crippen LogP contribution in [0.15, 0.2) is 36.5 Å². The predicted molar refractivity (Wildman–Crippen MR) is 82.1 cm³/mol. The molecule has 2 fully saturated rings. The quantitative estimate of drug-likeness (QED) is 0.868. The van der Waals surface area contributed by atoms with Crippen LogP contribution < -0.4 is 5.32 Å². The molecule has 0 saturated carbocycles. The maximum atomic E-state index is 13.0. The Morgan fingerprint density at radius 1 is 1.29 bits per heavy atom. The number of hydrogen-bond acceptors (Lipinski definition) is 3. The number of carbonyl (C=O) groups excluding carboxylic acids is 1. The van der Waals surface area contributed by atoms with Crippen LogP contribution in [-0.2, 0) is 0 Å². The second kappa shape index (κ2) is 4.81. The summed E-state index contributed by atoms with van der Waals surface area (Å²) >= 11 is 0. The van der Waals surface area contributed by atoms with Gasteiger partial charge in [-0.1, -0.05) is 12.1 Å². The van der Waals surface area contributed by atoms with Gasteiger partial charge in [-0.2, -0.15) is 0 Å². The van der Waals surface area contributed by atoms with E-state index in [4.69, 9.17) is 0 Å². The van der Waals surface area contributed by atoms with Gasteiger partial charge in [0.15, 0.2) is 0 Å². The third kappa shape index (κ3) is 1.94. The van der Waals surface area contributed by atoms with Crippen LogP contribution in [0.4, 0.5) is 0 Å². The molecule has 4 heteroatoms. The summed E-state index contributed by atoms with van der Waals surface area (Å²) in [4.78, 5) is 19.4. The molecule has 3 atom stereocenters.